The maximum absolute atomic E-state index is 10.3. The van der Waals surface area contributed by atoms with E-state index in [1.54, 1.807) is 12.1 Å². The quantitative estimate of drug-likeness (QED) is 0.741. The van der Waals surface area contributed by atoms with Crippen molar-refractivity contribution < 1.29 is 9.63 Å². The van der Waals surface area contributed by atoms with Crippen molar-refractivity contribution in [2.75, 3.05) is 13.6 Å². The highest BCUT2D eigenvalue weighted by Gasteiger charge is 2.14. The van der Waals surface area contributed by atoms with Crippen molar-refractivity contribution in [2.45, 2.75) is 12.6 Å². The van der Waals surface area contributed by atoms with Gasteiger partial charge in [-0.05, 0) is 24.7 Å². The molecule has 2 aromatic carbocycles. The molecule has 24 heavy (non-hydrogen) atoms. The van der Waals surface area contributed by atoms with Crippen molar-refractivity contribution in [1.29, 1.82) is 0 Å². The maximum atomic E-state index is 10.3. The minimum absolute atomic E-state index is 0.456. The van der Waals surface area contributed by atoms with Gasteiger partial charge >= 0.3 is 0 Å². The molecule has 0 saturated heterocycles. The normalized spacial score (nSPS) is 12.5. The molecule has 0 bridgehead atoms. The smallest absolute Gasteiger partial charge is 0.241 e. The van der Waals surface area contributed by atoms with E-state index in [-0.39, 0.29) is 0 Å². The number of rotatable bonds is 6. The third-order valence-corrected chi connectivity index (χ3v) is 3.86. The van der Waals surface area contributed by atoms with Crippen molar-refractivity contribution in [2.24, 2.45) is 0 Å². The fourth-order valence-electron chi connectivity index (χ4n) is 2.44. The first-order valence-corrected chi connectivity index (χ1v) is 7.99. The van der Waals surface area contributed by atoms with Crippen LogP contribution >= 0.6 is 11.6 Å². The van der Waals surface area contributed by atoms with Gasteiger partial charge in [-0.2, -0.15) is 4.98 Å². The minimum Gasteiger partial charge on any atom is -0.387 e. The molecular weight excluding hydrogens is 326 g/mol. The van der Waals surface area contributed by atoms with Gasteiger partial charge in [0.1, 0.15) is 0 Å². The molecule has 0 saturated carbocycles. The van der Waals surface area contributed by atoms with E-state index >= 15 is 0 Å². The average Bonchev–Trinajstić information content (AvgIpc) is 3.04. The minimum atomic E-state index is -0.563. The van der Waals surface area contributed by atoms with Crippen LogP contribution in [0.25, 0.3) is 11.4 Å². The summed E-state index contributed by atoms with van der Waals surface area (Å²) in [5, 5.41) is 14.9. The Labute approximate surface area is 145 Å². The van der Waals surface area contributed by atoms with E-state index in [4.69, 9.17) is 16.1 Å². The van der Waals surface area contributed by atoms with Gasteiger partial charge in [-0.15, -0.1) is 0 Å². The first-order chi connectivity index (χ1) is 11.6. The van der Waals surface area contributed by atoms with Crippen LogP contribution in [0.2, 0.25) is 5.02 Å². The van der Waals surface area contributed by atoms with Crippen LogP contribution in [0.15, 0.2) is 59.1 Å². The predicted octanol–water partition coefficient (Wildman–Crippen LogP) is 3.56. The van der Waals surface area contributed by atoms with Gasteiger partial charge in [0.2, 0.25) is 11.7 Å². The molecule has 1 atom stereocenters. The van der Waals surface area contributed by atoms with Crippen LogP contribution in [0.1, 0.15) is 17.6 Å². The summed E-state index contributed by atoms with van der Waals surface area (Å²) in [6, 6.07) is 16.9. The average molecular weight is 344 g/mol. The Morgan fingerprint density at radius 2 is 1.96 bits per heavy atom. The van der Waals surface area contributed by atoms with Gasteiger partial charge in [0, 0.05) is 17.1 Å². The highest BCUT2D eigenvalue weighted by atomic mass is 35.5. The molecule has 0 radical (unpaired) electrons. The molecule has 1 heterocycles. The molecule has 0 amide bonds. The molecule has 0 aliphatic rings. The zero-order chi connectivity index (χ0) is 16.9. The third kappa shape index (κ3) is 4.20. The Bertz CT molecular complexity index is 792. The Kier molecular flexibility index (Phi) is 5.25. The number of aliphatic hydroxyl groups is 1. The summed E-state index contributed by atoms with van der Waals surface area (Å²) in [7, 11) is 1.90. The Morgan fingerprint density at radius 3 is 2.71 bits per heavy atom. The van der Waals surface area contributed by atoms with Crippen LogP contribution in [0.3, 0.4) is 0 Å². The van der Waals surface area contributed by atoms with E-state index in [0.29, 0.717) is 29.8 Å². The van der Waals surface area contributed by atoms with Crippen LogP contribution < -0.4 is 0 Å². The lowest BCUT2D eigenvalue weighted by Gasteiger charge is -2.19. The number of halogens is 1. The molecule has 0 aliphatic carbocycles. The van der Waals surface area contributed by atoms with Gasteiger partial charge in [-0.1, -0.05) is 59.2 Å². The van der Waals surface area contributed by atoms with Gasteiger partial charge in [-0.3, -0.25) is 4.90 Å². The molecule has 3 rings (SSSR count). The van der Waals surface area contributed by atoms with Crippen molar-refractivity contribution in [3.05, 3.63) is 71.1 Å². The van der Waals surface area contributed by atoms with E-state index in [0.717, 1.165) is 11.1 Å². The highest BCUT2D eigenvalue weighted by Crippen LogP contribution is 2.20. The number of likely N-dealkylation sites (N-methyl/N-ethyl adjacent to an activating group) is 1. The van der Waals surface area contributed by atoms with E-state index in [9.17, 15) is 5.11 Å². The molecular formula is C18H18ClN3O2. The molecule has 0 fully saturated rings. The highest BCUT2D eigenvalue weighted by molar-refractivity contribution is 6.30. The van der Waals surface area contributed by atoms with E-state index in [1.807, 2.05) is 54.4 Å². The summed E-state index contributed by atoms with van der Waals surface area (Å²) in [5.74, 6) is 0.997. The molecule has 5 nitrogen and oxygen atoms in total. The molecule has 1 N–H and O–H groups in total. The zero-order valence-corrected chi connectivity index (χ0v) is 14.0. The summed E-state index contributed by atoms with van der Waals surface area (Å²) in [4.78, 5) is 6.32. The summed E-state index contributed by atoms with van der Waals surface area (Å²) >= 11 is 5.98. The fraction of sp³-hybridized carbons (Fsp3) is 0.222. The SMILES string of the molecule is CN(Cc1nc(-c2cccc(Cl)c2)no1)CC(O)c1ccccc1. The largest absolute Gasteiger partial charge is 0.387 e. The molecule has 6 heteroatoms. The van der Waals surface area contributed by atoms with Gasteiger partial charge in [0.15, 0.2) is 0 Å². The predicted molar refractivity (Wildman–Crippen MR) is 92.5 cm³/mol. The Balaban J connectivity index is 1.62. The molecule has 1 aromatic heterocycles. The summed E-state index contributed by atoms with van der Waals surface area (Å²) in [5.41, 5.74) is 1.69. The number of hydrogen-bond acceptors (Lipinski definition) is 5. The van der Waals surface area contributed by atoms with Crippen LogP contribution in [-0.4, -0.2) is 33.7 Å². The summed E-state index contributed by atoms with van der Waals surface area (Å²) in [6.45, 7) is 0.927. The molecule has 1 unspecified atom stereocenters. The molecule has 0 aliphatic heterocycles. The van der Waals surface area contributed by atoms with E-state index < -0.39 is 6.10 Å². The van der Waals surface area contributed by atoms with Gasteiger partial charge in [0.05, 0.1) is 12.6 Å². The molecule has 0 spiro atoms. The number of benzene rings is 2. The monoisotopic (exact) mass is 343 g/mol. The van der Waals surface area contributed by atoms with Gasteiger partial charge in [0.25, 0.3) is 0 Å². The van der Waals surface area contributed by atoms with Gasteiger partial charge < -0.3 is 9.63 Å². The standard InChI is InChI=1S/C18H18ClN3O2/c1-22(11-16(23)13-6-3-2-4-7-13)12-17-20-18(21-24-17)14-8-5-9-15(19)10-14/h2-10,16,23H,11-12H2,1H3. The van der Waals surface area contributed by atoms with Gasteiger partial charge in [-0.25, -0.2) is 0 Å². The van der Waals surface area contributed by atoms with Crippen molar-refractivity contribution in [3.8, 4) is 11.4 Å². The topological polar surface area (TPSA) is 62.4 Å². The van der Waals surface area contributed by atoms with E-state index in [2.05, 4.69) is 10.1 Å². The number of hydrogen-bond donors (Lipinski definition) is 1. The summed E-state index contributed by atoms with van der Waals surface area (Å²) in [6.07, 6.45) is -0.563. The number of aliphatic hydroxyl groups excluding tert-OH is 1. The second-order valence-corrected chi connectivity index (χ2v) is 6.08. The molecule has 124 valence electrons. The first-order valence-electron chi connectivity index (χ1n) is 7.62. The van der Waals surface area contributed by atoms with Crippen molar-refractivity contribution in [3.63, 3.8) is 0 Å². The lowest BCUT2D eigenvalue weighted by molar-refractivity contribution is 0.118. The fourth-order valence-corrected chi connectivity index (χ4v) is 2.63. The van der Waals surface area contributed by atoms with Crippen LogP contribution in [0.5, 0.6) is 0 Å². The third-order valence-electron chi connectivity index (χ3n) is 3.63. The van der Waals surface area contributed by atoms with Crippen LogP contribution in [-0.2, 0) is 6.54 Å². The number of nitrogens with zero attached hydrogens (tertiary/aromatic N) is 3. The van der Waals surface area contributed by atoms with E-state index in [1.165, 1.54) is 0 Å². The lowest BCUT2D eigenvalue weighted by Crippen LogP contribution is -2.24. The van der Waals surface area contributed by atoms with Crippen molar-refractivity contribution in [1.82, 2.24) is 15.0 Å². The maximum Gasteiger partial charge on any atom is 0.241 e. The Hall–Kier alpha value is -2.21. The van der Waals surface area contributed by atoms with Crippen molar-refractivity contribution >= 4 is 11.6 Å². The lowest BCUT2D eigenvalue weighted by atomic mass is 10.1. The summed E-state index contributed by atoms with van der Waals surface area (Å²) < 4.78 is 5.29. The first kappa shape index (κ1) is 16.6. The second-order valence-electron chi connectivity index (χ2n) is 5.65. The zero-order valence-electron chi connectivity index (χ0n) is 13.3. The second kappa shape index (κ2) is 7.57. The van der Waals surface area contributed by atoms with Crippen LogP contribution in [0, 0.1) is 0 Å². The Morgan fingerprint density at radius 1 is 1.17 bits per heavy atom. The number of aromatic nitrogens is 2. The molecule has 3 aromatic rings. The van der Waals surface area contributed by atoms with Crippen LogP contribution in [0.4, 0.5) is 0 Å².